The lowest BCUT2D eigenvalue weighted by Gasteiger charge is -2.33. The summed E-state index contributed by atoms with van der Waals surface area (Å²) >= 11 is 0. The number of anilines is 1. The van der Waals surface area contributed by atoms with Crippen LogP contribution in [0.3, 0.4) is 0 Å². The summed E-state index contributed by atoms with van der Waals surface area (Å²) in [6, 6.07) is 16.1. The summed E-state index contributed by atoms with van der Waals surface area (Å²) in [6.45, 7) is 1.87. The highest BCUT2D eigenvalue weighted by Crippen LogP contribution is 2.30. The van der Waals surface area contributed by atoms with Crippen molar-refractivity contribution in [1.29, 1.82) is 0 Å². The van der Waals surface area contributed by atoms with Crippen LogP contribution in [0.5, 0.6) is 0 Å². The minimum atomic E-state index is -0.663. The van der Waals surface area contributed by atoms with Gasteiger partial charge in [0, 0.05) is 0 Å². The summed E-state index contributed by atoms with van der Waals surface area (Å²) in [5.74, 6) is -0.315. The Labute approximate surface area is 112 Å². The van der Waals surface area contributed by atoms with Crippen molar-refractivity contribution >= 4 is 5.69 Å². The van der Waals surface area contributed by atoms with E-state index in [1.165, 1.54) is 6.07 Å². The van der Waals surface area contributed by atoms with E-state index in [-0.39, 0.29) is 12.4 Å². The summed E-state index contributed by atoms with van der Waals surface area (Å²) in [7, 11) is 0. The van der Waals surface area contributed by atoms with Gasteiger partial charge in [0.15, 0.2) is 0 Å². The predicted molar refractivity (Wildman–Crippen MR) is 75.5 cm³/mol. The zero-order chi connectivity index (χ0) is 13.7. The monoisotopic (exact) mass is 259 g/mol. The van der Waals surface area contributed by atoms with E-state index in [1.807, 2.05) is 37.3 Å². The second-order valence-corrected chi connectivity index (χ2v) is 4.56. The minimum Gasteiger partial charge on any atom is -0.394 e. The Morgan fingerprint density at radius 1 is 1.05 bits per heavy atom. The summed E-state index contributed by atoms with van der Waals surface area (Å²) < 4.78 is 13.8. The topological polar surface area (TPSA) is 32.3 Å². The third kappa shape index (κ3) is 2.76. The van der Waals surface area contributed by atoms with Crippen molar-refractivity contribution in [2.75, 3.05) is 11.9 Å². The maximum atomic E-state index is 13.8. The fourth-order valence-corrected chi connectivity index (χ4v) is 2.18. The van der Waals surface area contributed by atoms with Crippen molar-refractivity contribution in [2.45, 2.75) is 18.9 Å². The first-order chi connectivity index (χ1) is 9.22. The quantitative estimate of drug-likeness (QED) is 0.861. The summed E-state index contributed by atoms with van der Waals surface area (Å²) in [4.78, 5) is 0. The van der Waals surface area contributed by atoms with Crippen LogP contribution in [0.15, 0.2) is 54.6 Å². The molecule has 0 aliphatic carbocycles. The van der Waals surface area contributed by atoms with E-state index < -0.39 is 5.54 Å². The van der Waals surface area contributed by atoms with Gasteiger partial charge in [-0.15, -0.1) is 0 Å². The second-order valence-electron chi connectivity index (χ2n) is 4.56. The lowest BCUT2D eigenvalue weighted by atomic mass is 9.87. The molecular weight excluding hydrogens is 241 g/mol. The van der Waals surface area contributed by atoms with E-state index in [1.54, 1.807) is 18.2 Å². The number of halogens is 1. The molecule has 2 rings (SSSR count). The van der Waals surface area contributed by atoms with Crippen LogP contribution in [0.1, 0.15) is 18.9 Å². The predicted octanol–water partition coefficient (Wildman–Crippen LogP) is 3.54. The lowest BCUT2D eigenvalue weighted by Crippen LogP contribution is -2.38. The minimum absolute atomic E-state index is 0.0954. The molecule has 0 radical (unpaired) electrons. The van der Waals surface area contributed by atoms with Gasteiger partial charge in [0.05, 0.1) is 17.8 Å². The van der Waals surface area contributed by atoms with Crippen LogP contribution in [-0.4, -0.2) is 11.7 Å². The van der Waals surface area contributed by atoms with E-state index in [9.17, 15) is 9.50 Å². The van der Waals surface area contributed by atoms with Gasteiger partial charge in [0.25, 0.3) is 0 Å². The van der Waals surface area contributed by atoms with E-state index in [4.69, 9.17) is 0 Å². The van der Waals surface area contributed by atoms with Crippen LogP contribution in [0.4, 0.5) is 10.1 Å². The molecule has 0 amide bonds. The van der Waals surface area contributed by atoms with Crippen molar-refractivity contribution < 1.29 is 9.50 Å². The first kappa shape index (κ1) is 13.6. The van der Waals surface area contributed by atoms with E-state index in [0.717, 1.165) is 5.56 Å². The molecule has 2 aromatic rings. The Morgan fingerprint density at radius 2 is 1.68 bits per heavy atom. The molecule has 2 nitrogen and oxygen atoms in total. The molecule has 0 aromatic heterocycles. The molecule has 0 heterocycles. The maximum absolute atomic E-state index is 13.8. The van der Waals surface area contributed by atoms with Crippen molar-refractivity contribution in [3.05, 3.63) is 66.0 Å². The van der Waals surface area contributed by atoms with Crippen LogP contribution in [-0.2, 0) is 5.54 Å². The molecule has 0 spiro atoms. The fourth-order valence-electron chi connectivity index (χ4n) is 2.18. The van der Waals surface area contributed by atoms with Gasteiger partial charge in [0.2, 0.25) is 0 Å². The molecule has 0 saturated heterocycles. The van der Waals surface area contributed by atoms with E-state index in [2.05, 4.69) is 5.32 Å². The van der Waals surface area contributed by atoms with E-state index >= 15 is 0 Å². The van der Waals surface area contributed by atoms with Gasteiger partial charge in [-0.3, -0.25) is 0 Å². The summed E-state index contributed by atoms with van der Waals surface area (Å²) in [5, 5.41) is 12.9. The second kappa shape index (κ2) is 5.85. The molecular formula is C16H18FNO. The fraction of sp³-hybridized carbons (Fsp3) is 0.250. The highest BCUT2D eigenvalue weighted by molar-refractivity contribution is 5.49. The standard InChI is InChI=1S/C16H18FNO/c1-2-16(12-19,13-8-4-3-5-9-13)18-15-11-7-6-10-14(15)17/h3-11,18-19H,2,12H2,1H3. The average Bonchev–Trinajstić information content (AvgIpc) is 2.48. The van der Waals surface area contributed by atoms with Crippen LogP contribution in [0, 0.1) is 5.82 Å². The van der Waals surface area contributed by atoms with Gasteiger partial charge in [-0.2, -0.15) is 0 Å². The summed E-state index contributed by atoms with van der Waals surface area (Å²) in [5.41, 5.74) is 0.689. The van der Waals surface area contributed by atoms with Crippen molar-refractivity contribution in [1.82, 2.24) is 0 Å². The first-order valence-electron chi connectivity index (χ1n) is 6.41. The molecule has 0 aliphatic rings. The number of nitrogens with one attached hydrogen (secondary N) is 1. The van der Waals surface area contributed by atoms with Gasteiger partial charge in [-0.05, 0) is 24.1 Å². The van der Waals surface area contributed by atoms with Crippen LogP contribution in [0.2, 0.25) is 0 Å². The smallest absolute Gasteiger partial charge is 0.146 e. The highest BCUT2D eigenvalue weighted by atomic mass is 19.1. The Bertz CT molecular complexity index is 523. The molecule has 0 saturated carbocycles. The van der Waals surface area contributed by atoms with Crippen molar-refractivity contribution in [3.63, 3.8) is 0 Å². The Balaban J connectivity index is 2.38. The van der Waals surface area contributed by atoms with Gasteiger partial charge < -0.3 is 10.4 Å². The summed E-state index contributed by atoms with van der Waals surface area (Å²) in [6.07, 6.45) is 0.655. The maximum Gasteiger partial charge on any atom is 0.146 e. The van der Waals surface area contributed by atoms with Gasteiger partial charge in [0.1, 0.15) is 5.82 Å². The van der Waals surface area contributed by atoms with Crippen LogP contribution < -0.4 is 5.32 Å². The molecule has 19 heavy (non-hydrogen) atoms. The zero-order valence-corrected chi connectivity index (χ0v) is 10.9. The molecule has 0 bridgehead atoms. The molecule has 1 atom stereocenters. The Hall–Kier alpha value is -1.87. The SMILES string of the molecule is CCC(CO)(Nc1ccccc1F)c1ccccc1. The van der Waals surface area contributed by atoms with Gasteiger partial charge >= 0.3 is 0 Å². The normalized spacial score (nSPS) is 13.8. The molecule has 100 valence electrons. The van der Waals surface area contributed by atoms with Crippen LogP contribution >= 0.6 is 0 Å². The Morgan fingerprint density at radius 3 is 2.26 bits per heavy atom. The van der Waals surface area contributed by atoms with Gasteiger partial charge in [-0.25, -0.2) is 4.39 Å². The zero-order valence-electron chi connectivity index (χ0n) is 10.9. The highest BCUT2D eigenvalue weighted by Gasteiger charge is 2.30. The van der Waals surface area contributed by atoms with Crippen molar-refractivity contribution in [3.8, 4) is 0 Å². The molecule has 3 heteroatoms. The average molecular weight is 259 g/mol. The largest absolute Gasteiger partial charge is 0.394 e. The molecule has 2 N–H and O–H groups in total. The Kier molecular flexibility index (Phi) is 4.17. The van der Waals surface area contributed by atoms with E-state index in [0.29, 0.717) is 12.1 Å². The molecule has 0 aliphatic heterocycles. The first-order valence-corrected chi connectivity index (χ1v) is 6.41. The number of hydrogen-bond acceptors (Lipinski definition) is 2. The number of aliphatic hydroxyl groups is 1. The van der Waals surface area contributed by atoms with Gasteiger partial charge in [-0.1, -0.05) is 49.4 Å². The number of para-hydroxylation sites is 1. The molecule has 2 aromatic carbocycles. The molecule has 0 fully saturated rings. The number of rotatable bonds is 5. The third-order valence-corrected chi connectivity index (χ3v) is 3.45. The number of hydrogen-bond donors (Lipinski definition) is 2. The third-order valence-electron chi connectivity index (χ3n) is 3.45. The van der Waals surface area contributed by atoms with Crippen molar-refractivity contribution in [2.24, 2.45) is 0 Å². The number of benzene rings is 2. The lowest BCUT2D eigenvalue weighted by molar-refractivity contribution is 0.207. The van der Waals surface area contributed by atoms with Crippen LogP contribution in [0.25, 0.3) is 0 Å². The molecule has 1 unspecified atom stereocenters. The number of aliphatic hydroxyl groups excluding tert-OH is 1.